The first-order valence-corrected chi connectivity index (χ1v) is 9.98. The van der Waals surface area contributed by atoms with Crippen molar-refractivity contribution in [3.05, 3.63) is 53.6 Å². The lowest BCUT2D eigenvalue weighted by atomic mass is 10.1. The zero-order valence-corrected chi connectivity index (χ0v) is 17.5. The largest absolute Gasteiger partial charge is 0.493 e. The molecule has 0 unspecified atom stereocenters. The Balaban J connectivity index is 1.84. The summed E-state index contributed by atoms with van der Waals surface area (Å²) >= 11 is 0. The van der Waals surface area contributed by atoms with Crippen LogP contribution in [0.1, 0.15) is 31.4 Å². The molecule has 0 saturated heterocycles. The van der Waals surface area contributed by atoms with Gasteiger partial charge in [-0.3, -0.25) is 4.79 Å². The van der Waals surface area contributed by atoms with Gasteiger partial charge in [0.25, 0.3) is 0 Å². The van der Waals surface area contributed by atoms with E-state index in [-0.39, 0.29) is 12.3 Å². The number of ether oxygens (including phenoxy) is 2. The van der Waals surface area contributed by atoms with Gasteiger partial charge in [0.1, 0.15) is 18.1 Å². The van der Waals surface area contributed by atoms with Gasteiger partial charge in [0, 0.05) is 6.54 Å². The standard InChI is InChI=1S/C23H32N2O3/c1-5-25(6-2)15-17-28-22-12-8-7-11-20(22)24-23(26)14-16-27-21-13-9-10-18(3)19(21)4/h7-13H,5-6,14-17H2,1-4H3,(H,24,26). The summed E-state index contributed by atoms with van der Waals surface area (Å²) in [5, 5.41) is 2.93. The number of para-hydroxylation sites is 2. The van der Waals surface area contributed by atoms with Gasteiger partial charge in [0.2, 0.25) is 5.91 Å². The summed E-state index contributed by atoms with van der Waals surface area (Å²) in [6.45, 7) is 12.1. The lowest BCUT2D eigenvalue weighted by Gasteiger charge is -2.19. The van der Waals surface area contributed by atoms with Gasteiger partial charge in [-0.2, -0.15) is 0 Å². The molecule has 5 heteroatoms. The van der Waals surface area contributed by atoms with Gasteiger partial charge < -0.3 is 19.7 Å². The summed E-state index contributed by atoms with van der Waals surface area (Å²) in [5.41, 5.74) is 2.98. The van der Waals surface area contributed by atoms with E-state index in [9.17, 15) is 4.79 Å². The minimum atomic E-state index is -0.0925. The average molecular weight is 385 g/mol. The highest BCUT2D eigenvalue weighted by Gasteiger charge is 2.09. The van der Waals surface area contributed by atoms with Gasteiger partial charge >= 0.3 is 0 Å². The summed E-state index contributed by atoms with van der Waals surface area (Å²) in [6.07, 6.45) is 0.279. The molecule has 0 aromatic heterocycles. The van der Waals surface area contributed by atoms with E-state index < -0.39 is 0 Å². The van der Waals surface area contributed by atoms with Crippen molar-refractivity contribution < 1.29 is 14.3 Å². The Hall–Kier alpha value is -2.53. The van der Waals surface area contributed by atoms with Crippen molar-refractivity contribution in [2.45, 2.75) is 34.1 Å². The molecule has 2 aromatic rings. The Morgan fingerprint density at radius 3 is 2.36 bits per heavy atom. The van der Waals surface area contributed by atoms with Gasteiger partial charge in [-0.1, -0.05) is 38.1 Å². The SMILES string of the molecule is CCN(CC)CCOc1ccccc1NC(=O)CCOc1cccc(C)c1C. The molecule has 0 heterocycles. The Labute approximate surface area is 168 Å². The number of rotatable bonds is 11. The number of aryl methyl sites for hydroxylation is 1. The predicted octanol–water partition coefficient (Wildman–Crippen LogP) is 4.43. The summed E-state index contributed by atoms with van der Waals surface area (Å²) in [6, 6.07) is 13.5. The topological polar surface area (TPSA) is 50.8 Å². The van der Waals surface area contributed by atoms with Crippen molar-refractivity contribution in [1.29, 1.82) is 0 Å². The van der Waals surface area contributed by atoms with Crippen LogP contribution in [0.3, 0.4) is 0 Å². The Morgan fingerprint density at radius 1 is 0.929 bits per heavy atom. The van der Waals surface area contributed by atoms with E-state index in [0.717, 1.165) is 30.9 Å². The van der Waals surface area contributed by atoms with E-state index in [4.69, 9.17) is 9.47 Å². The smallest absolute Gasteiger partial charge is 0.227 e. The molecule has 152 valence electrons. The van der Waals surface area contributed by atoms with Crippen LogP contribution in [0.5, 0.6) is 11.5 Å². The molecule has 2 rings (SSSR count). The van der Waals surface area contributed by atoms with Crippen LogP contribution < -0.4 is 14.8 Å². The second-order valence-corrected chi connectivity index (χ2v) is 6.72. The number of benzene rings is 2. The maximum Gasteiger partial charge on any atom is 0.227 e. The van der Waals surface area contributed by atoms with Crippen LogP contribution in [0.2, 0.25) is 0 Å². The van der Waals surface area contributed by atoms with E-state index in [0.29, 0.717) is 24.7 Å². The van der Waals surface area contributed by atoms with Crippen molar-refractivity contribution in [3.8, 4) is 11.5 Å². The normalized spacial score (nSPS) is 10.8. The van der Waals surface area contributed by atoms with Crippen molar-refractivity contribution in [2.24, 2.45) is 0 Å². The third-order valence-corrected chi connectivity index (χ3v) is 4.86. The van der Waals surface area contributed by atoms with Crippen molar-refractivity contribution >= 4 is 11.6 Å². The number of carbonyl (C=O) groups is 1. The molecule has 0 radical (unpaired) electrons. The molecular weight excluding hydrogens is 352 g/mol. The fourth-order valence-electron chi connectivity index (χ4n) is 2.87. The molecule has 0 spiro atoms. The molecule has 1 amide bonds. The number of anilines is 1. The highest BCUT2D eigenvalue weighted by Crippen LogP contribution is 2.24. The zero-order chi connectivity index (χ0) is 20.4. The van der Waals surface area contributed by atoms with Crippen LogP contribution in [0.15, 0.2) is 42.5 Å². The summed E-state index contributed by atoms with van der Waals surface area (Å²) < 4.78 is 11.7. The lowest BCUT2D eigenvalue weighted by molar-refractivity contribution is -0.116. The zero-order valence-electron chi connectivity index (χ0n) is 17.5. The molecule has 0 aliphatic heterocycles. The molecule has 5 nitrogen and oxygen atoms in total. The summed E-state index contributed by atoms with van der Waals surface area (Å²) in [7, 11) is 0. The van der Waals surface area contributed by atoms with Gasteiger partial charge in [0.15, 0.2) is 0 Å². The number of hydrogen-bond donors (Lipinski definition) is 1. The molecule has 0 aliphatic carbocycles. The Bertz CT molecular complexity index is 757. The Morgan fingerprint density at radius 2 is 1.61 bits per heavy atom. The minimum absolute atomic E-state index is 0.0925. The number of amides is 1. The molecule has 0 aliphatic rings. The molecule has 2 aromatic carbocycles. The van der Waals surface area contributed by atoms with Crippen molar-refractivity contribution in [3.63, 3.8) is 0 Å². The van der Waals surface area contributed by atoms with Crippen LogP contribution in [0.25, 0.3) is 0 Å². The van der Waals surface area contributed by atoms with Gasteiger partial charge in [-0.15, -0.1) is 0 Å². The molecule has 0 atom stereocenters. The molecule has 1 N–H and O–H groups in total. The quantitative estimate of drug-likeness (QED) is 0.623. The van der Waals surface area contributed by atoms with Gasteiger partial charge in [0.05, 0.1) is 18.7 Å². The predicted molar refractivity (Wildman–Crippen MR) is 114 cm³/mol. The monoisotopic (exact) mass is 384 g/mol. The van der Waals surface area contributed by atoms with Gasteiger partial charge in [-0.25, -0.2) is 0 Å². The van der Waals surface area contributed by atoms with E-state index in [1.54, 1.807) is 0 Å². The van der Waals surface area contributed by atoms with E-state index in [1.807, 2.05) is 56.3 Å². The van der Waals surface area contributed by atoms with Crippen molar-refractivity contribution in [2.75, 3.05) is 38.2 Å². The number of likely N-dealkylation sites (N-methyl/N-ethyl adjacent to an activating group) is 1. The number of hydrogen-bond acceptors (Lipinski definition) is 4. The van der Waals surface area contributed by atoms with E-state index >= 15 is 0 Å². The van der Waals surface area contributed by atoms with Gasteiger partial charge in [-0.05, 0) is 56.3 Å². The average Bonchev–Trinajstić information content (AvgIpc) is 2.70. The second-order valence-electron chi connectivity index (χ2n) is 6.72. The van der Waals surface area contributed by atoms with E-state index in [1.165, 1.54) is 5.56 Å². The third-order valence-electron chi connectivity index (χ3n) is 4.86. The first kappa shape index (κ1) is 21.8. The van der Waals surface area contributed by atoms with Crippen LogP contribution in [0, 0.1) is 13.8 Å². The first-order chi connectivity index (χ1) is 13.5. The number of carbonyl (C=O) groups excluding carboxylic acids is 1. The third kappa shape index (κ3) is 6.57. The van der Waals surface area contributed by atoms with Crippen LogP contribution in [0.4, 0.5) is 5.69 Å². The van der Waals surface area contributed by atoms with Crippen LogP contribution >= 0.6 is 0 Å². The fourth-order valence-corrected chi connectivity index (χ4v) is 2.87. The summed E-state index contributed by atoms with van der Waals surface area (Å²) in [4.78, 5) is 14.6. The van der Waals surface area contributed by atoms with E-state index in [2.05, 4.69) is 24.1 Å². The molecule has 0 fully saturated rings. The molecule has 28 heavy (non-hydrogen) atoms. The molecule has 0 bridgehead atoms. The maximum atomic E-state index is 12.3. The second kappa shape index (κ2) is 11.3. The number of nitrogens with one attached hydrogen (secondary N) is 1. The minimum Gasteiger partial charge on any atom is -0.493 e. The molecule has 0 saturated carbocycles. The van der Waals surface area contributed by atoms with Crippen LogP contribution in [-0.4, -0.2) is 43.7 Å². The fraction of sp³-hybridized carbons (Fsp3) is 0.435. The van der Waals surface area contributed by atoms with Crippen molar-refractivity contribution in [1.82, 2.24) is 4.90 Å². The highest BCUT2D eigenvalue weighted by molar-refractivity contribution is 5.92. The maximum absolute atomic E-state index is 12.3. The summed E-state index contributed by atoms with van der Waals surface area (Å²) in [5.74, 6) is 1.43. The Kier molecular flexibility index (Phi) is 8.82. The first-order valence-electron chi connectivity index (χ1n) is 9.98. The molecular formula is C23H32N2O3. The number of nitrogens with zero attached hydrogens (tertiary/aromatic N) is 1. The highest BCUT2D eigenvalue weighted by atomic mass is 16.5. The lowest BCUT2D eigenvalue weighted by Crippen LogP contribution is -2.28. The van der Waals surface area contributed by atoms with Crippen LogP contribution in [-0.2, 0) is 4.79 Å².